The van der Waals surface area contributed by atoms with E-state index in [0.29, 0.717) is 5.69 Å². The lowest BCUT2D eigenvalue weighted by molar-refractivity contribution is -0.386. The second-order valence-electron chi connectivity index (χ2n) is 3.16. The first-order valence-electron chi connectivity index (χ1n) is 4.00. The molecule has 1 rings (SSSR count). The van der Waals surface area contributed by atoms with E-state index in [1.165, 1.54) is 6.07 Å². The van der Waals surface area contributed by atoms with Gasteiger partial charge in [0.25, 0.3) is 0 Å². The summed E-state index contributed by atoms with van der Waals surface area (Å²) in [4.78, 5) is 23.3. The number of rotatable bonds is 2. The molecule has 6 heteroatoms. The molecule has 14 heavy (non-hydrogen) atoms. The Morgan fingerprint density at radius 2 is 2.14 bits per heavy atom. The summed E-state index contributed by atoms with van der Waals surface area (Å²) in [6.45, 7) is 3.71. The van der Waals surface area contributed by atoms with Crippen LogP contribution in [0.5, 0.6) is 0 Å². The standard InChI is InChI=1S/C8H9ClN2O3/c1-4(2)6-3-5(9)7(11(13)14)8(12)10-6/h3-4H,1-2H3,(H,10,12). The van der Waals surface area contributed by atoms with Gasteiger partial charge in [0.1, 0.15) is 5.02 Å². The monoisotopic (exact) mass is 216 g/mol. The van der Waals surface area contributed by atoms with Crippen LogP contribution < -0.4 is 5.56 Å². The molecule has 1 heterocycles. The van der Waals surface area contributed by atoms with Gasteiger partial charge in [-0.15, -0.1) is 0 Å². The SMILES string of the molecule is CC(C)c1cc(Cl)c([N+](=O)[O-])c(=O)[nH]1. The number of halogens is 1. The summed E-state index contributed by atoms with van der Waals surface area (Å²) < 4.78 is 0. The van der Waals surface area contributed by atoms with Crippen LogP contribution in [0, 0.1) is 10.1 Å². The van der Waals surface area contributed by atoms with Gasteiger partial charge in [0.15, 0.2) is 0 Å². The second-order valence-corrected chi connectivity index (χ2v) is 3.57. The summed E-state index contributed by atoms with van der Waals surface area (Å²) in [5.41, 5.74) is -0.770. The van der Waals surface area contributed by atoms with Crippen LogP contribution in [0.2, 0.25) is 5.02 Å². The summed E-state index contributed by atoms with van der Waals surface area (Å²) in [6, 6.07) is 1.41. The fourth-order valence-corrected chi connectivity index (χ4v) is 1.29. The van der Waals surface area contributed by atoms with E-state index < -0.39 is 16.2 Å². The van der Waals surface area contributed by atoms with Crippen molar-refractivity contribution in [3.8, 4) is 0 Å². The number of H-pyrrole nitrogens is 1. The smallest absolute Gasteiger partial charge is 0.320 e. The van der Waals surface area contributed by atoms with Gasteiger partial charge < -0.3 is 4.98 Å². The summed E-state index contributed by atoms with van der Waals surface area (Å²) >= 11 is 5.61. The van der Waals surface area contributed by atoms with Crippen molar-refractivity contribution in [1.29, 1.82) is 0 Å². The number of hydrogen-bond acceptors (Lipinski definition) is 3. The molecule has 5 nitrogen and oxygen atoms in total. The highest BCUT2D eigenvalue weighted by molar-refractivity contribution is 6.32. The molecule has 0 saturated carbocycles. The van der Waals surface area contributed by atoms with Crippen molar-refractivity contribution in [2.45, 2.75) is 19.8 Å². The van der Waals surface area contributed by atoms with Gasteiger partial charge in [-0.2, -0.15) is 0 Å². The molecule has 1 aromatic heterocycles. The Morgan fingerprint density at radius 1 is 1.57 bits per heavy atom. The van der Waals surface area contributed by atoms with E-state index in [2.05, 4.69) is 4.98 Å². The average Bonchev–Trinajstić information content (AvgIpc) is 2.01. The Hall–Kier alpha value is -1.36. The Morgan fingerprint density at radius 3 is 2.50 bits per heavy atom. The lowest BCUT2D eigenvalue weighted by atomic mass is 10.1. The molecule has 0 aliphatic heterocycles. The van der Waals surface area contributed by atoms with Crippen LogP contribution in [0.15, 0.2) is 10.9 Å². The van der Waals surface area contributed by atoms with E-state index in [4.69, 9.17) is 11.6 Å². The first-order chi connectivity index (χ1) is 6.43. The minimum Gasteiger partial charge on any atom is -0.320 e. The number of nitrogens with zero attached hydrogens (tertiary/aromatic N) is 1. The van der Waals surface area contributed by atoms with Gasteiger partial charge in [-0.3, -0.25) is 14.9 Å². The molecule has 0 aliphatic rings. The van der Waals surface area contributed by atoms with Crippen molar-refractivity contribution in [1.82, 2.24) is 4.98 Å². The first-order valence-corrected chi connectivity index (χ1v) is 4.38. The highest BCUT2D eigenvalue weighted by Gasteiger charge is 2.19. The number of hydrogen-bond donors (Lipinski definition) is 1. The number of nitrogens with one attached hydrogen (secondary N) is 1. The normalized spacial score (nSPS) is 10.6. The van der Waals surface area contributed by atoms with Crippen LogP contribution in [0.4, 0.5) is 5.69 Å². The van der Waals surface area contributed by atoms with Gasteiger partial charge in [0.2, 0.25) is 0 Å². The molecule has 0 radical (unpaired) electrons. The third-order valence-electron chi connectivity index (χ3n) is 1.79. The first kappa shape index (κ1) is 10.7. The van der Waals surface area contributed by atoms with E-state index in [0.717, 1.165) is 0 Å². The summed E-state index contributed by atoms with van der Waals surface area (Å²) in [6.07, 6.45) is 0. The van der Waals surface area contributed by atoms with Crippen molar-refractivity contribution < 1.29 is 4.92 Å². The topological polar surface area (TPSA) is 76.0 Å². The Kier molecular flexibility index (Phi) is 2.90. The molecule has 0 spiro atoms. The van der Waals surface area contributed by atoms with Crippen molar-refractivity contribution in [2.24, 2.45) is 0 Å². The minimum atomic E-state index is -0.786. The number of aromatic nitrogens is 1. The molecule has 0 bridgehead atoms. The predicted molar refractivity (Wildman–Crippen MR) is 52.8 cm³/mol. The van der Waals surface area contributed by atoms with E-state index in [-0.39, 0.29) is 10.9 Å². The van der Waals surface area contributed by atoms with E-state index in [9.17, 15) is 14.9 Å². The van der Waals surface area contributed by atoms with Crippen LogP contribution >= 0.6 is 11.6 Å². The Labute approximate surface area is 84.9 Å². The zero-order valence-electron chi connectivity index (χ0n) is 7.70. The third kappa shape index (κ3) is 1.93. The predicted octanol–water partition coefficient (Wildman–Crippen LogP) is 2.06. The van der Waals surface area contributed by atoms with Gasteiger partial charge in [-0.25, -0.2) is 0 Å². The van der Waals surface area contributed by atoms with Gasteiger partial charge in [0, 0.05) is 5.69 Å². The molecule has 76 valence electrons. The highest BCUT2D eigenvalue weighted by atomic mass is 35.5. The molecule has 1 aromatic rings. The third-order valence-corrected chi connectivity index (χ3v) is 2.07. The zero-order chi connectivity index (χ0) is 10.9. The quantitative estimate of drug-likeness (QED) is 0.607. The number of aromatic amines is 1. The van der Waals surface area contributed by atoms with Gasteiger partial charge in [0.05, 0.1) is 4.92 Å². The highest BCUT2D eigenvalue weighted by Crippen LogP contribution is 2.22. The molecule has 0 unspecified atom stereocenters. The molecule has 0 fully saturated rings. The van der Waals surface area contributed by atoms with Gasteiger partial charge in [-0.1, -0.05) is 25.4 Å². The molecule has 0 aromatic carbocycles. The molecular weight excluding hydrogens is 208 g/mol. The zero-order valence-corrected chi connectivity index (χ0v) is 8.46. The molecule has 0 amide bonds. The lowest BCUT2D eigenvalue weighted by Crippen LogP contribution is -2.14. The maximum absolute atomic E-state index is 11.2. The van der Waals surface area contributed by atoms with Crippen molar-refractivity contribution in [2.75, 3.05) is 0 Å². The average molecular weight is 217 g/mol. The van der Waals surface area contributed by atoms with Crippen LogP contribution in [-0.2, 0) is 0 Å². The molecule has 1 N–H and O–H groups in total. The fourth-order valence-electron chi connectivity index (χ4n) is 1.02. The lowest BCUT2D eigenvalue weighted by Gasteiger charge is -2.04. The molecule has 0 aliphatic carbocycles. The largest absolute Gasteiger partial charge is 0.352 e. The van der Waals surface area contributed by atoms with E-state index >= 15 is 0 Å². The number of nitro groups is 1. The Bertz CT molecular complexity index is 425. The van der Waals surface area contributed by atoms with Crippen LogP contribution in [0.1, 0.15) is 25.5 Å². The van der Waals surface area contributed by atoms with Crippen molar-refractivity contribution in [3.63, 3.8) is 0 Å². The minimum absolute atomic E-state index is 0.0704. The summed E-state index contributed by atoms with van der Waals surface area (Å²) in [5.74, 6) is 0.0704. The van der Waals surface area contributed by atoms with Crippen LogP contribution in [0.3, 0.4) is 0 Å². The molecular formula is C8H9ClN2O3. The van der Waals surface area contributed by atoms with Crippen LogP contribution in [-0.4, -0.2) is 9.91 Å². The van der Waals surface area contributed by atoms with Gasteiger partial charge >= 0.3 is 11.2 Å². The fraction of sp³-hybridized carbons (Fsp3) is 0.375. The second kappa shape index (κ2) is 3.79. The van der Waals surface area contributed by atoms with E-state index in [1.807, 2.05) is 13.8 Å². The molecule has 0 saturated heterocycles. The van der Waals surface area contributed by atoms with E-state index in [1.54, 1.807) is 0 Å². The van der Waals surface area contributed by atoms with Crippen molar-refractivity contribution >= 4 is 17.3 Å². The van der Waals surface area contributed by atoms with Crippen LogP contribution in [0.25, 0.3) is 0 Å². The van der Waals surface area contributed by atoms with Crippen molar-refractivity contribution in [3.05, 3.63) is 37.3 Å². The summed E-state index contributed by atoms with van der Waals surface area (Å²) in [5, 5.41) is 10.3. The Balaban J connectivity index is 3.40. The molecule has 0 atom stereocenters. The maximum Gasteiger partial charge on any atom is 0.352 e. The summed E-state index contributed by atoms with van der Waals surface area (Å²) in [7, 11) is 0. The maximum atomic E-state index is 11.2. The number of pyridine rings is 1. The van der Waals surface area contributed by atoms with Gasteiger partial charge in [-0.05, 0) is 12.0 Å².